The molecule has 0 radical (unpaired) electrons. The summed E-state index contributed by atoms with van der Waals surface area (Å²) >= 11 is 0. The number of allylic oxidation sites excluding steroid dienone is 4. The van der Waals surface area contributed by atoms with E-state index in [9.17, 15) is 0 Å². The Morgan fingerprint density at radius 3 is 2.36 bits per heavy atom. The predicted octanol–water partition coefficient (Wildman–Crippen LogP) is 6.90. The summed E-state index contributed by atoms with van der Waals surface area (Å²) in [6.45, 7) is 12.0. The van der Waals surface area contributed by atoms with Crippen LogP contribution in [0.25, 0.3) is 16.3 Å². The average molecular weight is 372 g/mol. The third-order valence-electron chi connectivity index (χ3n) is 4.33. The van der Waals surface area contributed by atoms with Crippen LogP contribution < -0.4 is 0 Å². The van der Waals surface area contributed by atoms with Gasteiger partial charge in [0.05, 0.1) is 6.20 Å². The minimum atomic E-state index is 0.870. The van der Waals surface area contributed by atoms with Gasteiger partial charge in [0.25, 0.3) is 0 Å². The standard InChI is InChI=1S/C11H10.C10H11N3.C4H8/c1-9-6-7-10-4-2-3-5-11(10)8-9;1-7(2)10-3-8(4-11-10)9-5-12-13-6-9;1-3-4-2/h2-8H,1H3;4-6H,1,3H2,2H3,(H,12,13);3-4H,1-2H3/b;;4-3-. The normalized spacial score (nSPS) is 12.6. The molecular weight excluding hydrogens is 342 g/mol. The molecule has 2 aromatic carbocycles. The Morgan fingerprint density at radius 1 is 1.07 bits per heavy atom. The first kappa shape index (κ1) is 21.1. The molecule has 0 saturated carbocycles. The fraction of sp³-hybridized carbons (Fsp3) is 0.200. The van der Waals surface area contributed by atoms with Crippen LogP contribution in [0.5, 0.6) is 0 Å². The van der Waals surface area contributed by atoms with Crippen LogP contribution in [0, 0.1) is 6.92 Å². The van der Waals surface area contributed by atoms with Crippen molar-refractivity contribution in [2.45, 2.75) is 34.1 Å². The maximum absolute atomic E-state index is 4.29. The number of rotatable bonds is 2. The van der Waals surface area contributed by atoms with Crippen molar-refractivity contribution in [2.75, 3.05) is 0 Å². The molecule has 1 aliphatic rings. The molecule has 0 bridgehead atoms. The molecule has 28 heavy (non-hydrogen) atoms. The smallest absolute Gasteiger partial charge is 0.0563 e. The Bertz CT molecular complexity index is 986. The predicted molar refractivity (Wildman–Crippen MR) is 123 cm³/mol. The maximum atomic E-state index is 4.29. The summed E-state index contributed by atoms with van der Waals surface area (Å²) in [7, 11) is 0. The van der Waals surface area contributed by atoms with Gasteiger partial charge in [-0.05, 0) is 49.6 Å². The van der Waals surface area contributed by atoms with Gasteiger partial charge < -0.3 is 0 Å². The summed E-state index contributed by atoms with van der Waals surface area (Å²) in [5.41, 5.74) is 5.74. The van der Waals surface area contributed by atoms with E-state index >= 15 is 0 Å². The second kappa shape index (κ2) is 10.8. The first-order valence-electron chi connectivity index (χ1n) is 9.48. The van der Waals surface area contributed by atoms with Gasteiger partial charge in [0.1, 0.15) is 0 Å². The first-order valence-corrected chi connectivity index (χ1v) is 9.48. The molecule has 1 N–H and O–H groups in total. The van der Waals surface area contributed by atoms with Gasteiger partial charge in [0, 0.05) is 30.1 Å². The lowest BCUT2D eigenvalue weighted by Crippen LogP contribution is -1.94. The highest BCUT2D eigenvalue weighted by atomic mass is 15.1. The summed E-state index contributed by atoms with van der Waals surface area (Å²) < 4.78 is 0. The minimum Gasteiger partial charge on any atom is -0.285 e. The van der Waals surface area contributed by atoms with Gasteiger partial charge >= 0.3 is 0 Å². The van der Waals surface area contributed by atoms with E-state index in [1.807, 2.05) is 51.5 Å². The summed E-state index contributed by atoms with van der Waals surface area (Å²) in [6.07, 6.45) is 10.4. The van der Waals surface area contributed by atoms with Crippen LogP contribution in [0.4, 0.5) is 0 Å². The Kier molecular flexibility index (Phi) is 8.16. The topological polar surface area (TPSA) is 41.0 Å². The summed E-state index contributed by atoms with van der Waals surface area (Å²) in [6, 6.07) is 14.9. The van der Waals surface area contributed by atoms with Crippen molar-refractivity contribution >= 4 is 22.1 Å². The van der Waals surface area contributed by atoms with Gasteiger partial charge in [0.15, 0.2) is 0 Å². The molecule has 0 atom stereocenters. The number of aromatic amines is 1. The molecule has 3 aromatic rings. The summed E-state index contributed by atoms with van der Waals surface area (Å²) in [5.74, 6) is 0. The number of aliphatic imine (C=N–C) groups is 1. The second-order valence-corrected chi connectivity index (χ2v) is 6.69. The highest BCUT2D eigenvalue weighted by molar-refractivity contribution is 6.07. The third kappa shape index (κ3) is 6.20. The number of nitrogens with one attached hydrogen (secondary N) is 1. The van der Waals surface area contributed by atoms with Gasteiger partial charge in [0.2, 0.25) is 0 Å². The Balaban J connectivity index is 0.000000171. The average Bonchev–Trinajstić information content (AvgIpc) is 3.40. The number of hydrogen-bond acceptors (Lipinski definition) is 2. The number of H-pyrrole nitrogens is 1. The quantitative estimate of drug-likeness (QED) is 0.489. The molecule has 0 saturated heterocycles. The molecule has 3 heteroatoms. The molecule has 1 aliphatic heterocycles. The van der Waals surface area contributed by atoms with Crippen LogP contribution in [0.2, 0.25) is 0 Å². The zero-order valence-corrected chi connectivity index (χ0v) is 17.2. The van der Waals surface area contributed by atoms with E-state index in [0.29, 0.717) is 0 Å². The lowest BCUT2D eigenvalue weighted by atomic mass is 10.0. The van der Waals surface area contributed by atoms with Crippen molar-refractivity contribution in [3.8, 4) is 0 Å². The molecule has 0 aliphatic carbocycles. The first-order chi connectivity index (χ1) is 13.5. The lowest BCUT2D eigenvalue weighted by molar-refractivity contribution is 1.09. The highest BCUT2D eigenvalue weighted by Gasteiger charge is 2.12. The van der Waals surface area contributed by atoms with Gasteiger partial charge in [-0.2, -0.15) is 5.10 Å². The number of aryl methyl sites for hydroxylation is 1. The number of fused-ring (bicyclic) bond motifs is 1. The molecule has 144 valence electrons. The molecule has 0 amide bonds. The maximum Gasteiger partial charge on any atom is 0.0563 e. The number of aromatic nitrogens is 2. The largest absolute Gasteiger partial charge is 0.285 e. The third-order valence-corrected chi connectivity index (χ3v) is 4.33. The number of nitrogens with zero attached hydrogens (tertiary/aromatic N) is 2. The molecular formula is C25H29N3. The van der Waals surface area contributed by atoms with Gasteiger partial charge in [-0.15, -0.1) is 0 Å². The minimum absolute atomic E-state index is 0.870. The fourth-order valence-electron chi connectivity index (χ4n) is 2.60. The fourth-order valence-corrected chi connectivity index (χ4v) is 2.60. The van der Waals surface area contributed by atoms with Crippen molar-refractivity contribution in [1.29, 1.82) is 0 Å². The van der Waals surface area contributed by atoms with E-state index < -0.39 is 0 Å². The highest BCUT2D eigenvalue weighted by Crippen LogP contribution is 2.24. The van der Waals surface area contributed by atoms with E-state index in [4.69, 9.17) is 0 Å². The monoisotopic (exact) mass is 371 g/mol. The molecule has 0 fully saturated rings. The van der Waals surface area contributed by atoms with Crippen molar-refractivity contribution in [1.82, 2.24) is 10.2 Å². The van der Waals surface area contributed by atoms with Crippen LogP contribution in [0.1, 0.15) is 38.3 Å². The molecule has 3 nitrogen and oxygen atoms in total. The van der Waals surface area contributed by atoms with Gasteiger partial charge in [-0.25, -0.2) is 0 Å². The summed E-state index contributed by atoms with van der Waals surface area (Å²) in [5, 5.41) is 9.33. The Morgan fingerprint density at radius 2 is 1.79 bits per heavy atom. The molecule has 1 aromatic heterocycles. The van der Waals surface area contributed by atoms with Crippen molar-refractivity contribution in [3.63, 3.8) is 0 Å². The summed E-state index contributed by atoms with van der Waals surface area (Å²) in [4.78, 5) is 4.29. The lowest BCUT2D eigenvalue weighted by Gasteiger charge is -1.98. The van der Waals surface area contributed by atoms with Crippen LogP contribution in [0.3, 0.4) is 0 Å². The Hall–Kier alpha value is -3.20. The van der Waals surface area contributed by atoms with E-state index in [0.717, 1.165) is 23.3 Å². The molecule has 0 spiro atoms. The zero-order chi connectivity index (χ0) is 20.4. The van der Waals surface area contributed by atoms with E-state index in [1.54, 1.807) is 0 Å². The van der Waals surface area contributed by atoms with Crippen LogP contribution in [-0.4, -0.2) is 15.9 Å². The van der Waals surface area contributed by atoms with E-state index in [-0.39, 0.29) is 0 Å². The van der Waals surface area contributed by atoms with Crippen molar-refractivity contribution in [2.24, 2.45) is 4.99 Å². The SMILES string of the molecule is C/C=C\C.C=C(C)C1=NC=C(c2cn[nH]c2)C1.Cc1ccc2ccccc2c1. The van der Waals surface area contributed by atoms with E-state index in [1.165, 1.54) is 21.9 Å². The van der Waals surface area contributed by atoms with Gasteiger partial charge in [-0.1, -0.05) is 66.8 Å². The Labute approximate surface area is 168 Å². The zero-order valence-electron chi connectivity index (χ0n) is 17.2. The molecule has 0 unspecified atom stereocenters. The second-order valence-electron chi connectivity index (χ2n) is 6.69. The number of hydrogen-bond donors (Lipinski definition) is 1. The van der Waals surface area contributed by atoms with Crippen LogP contribution >= 0.6 is 0 Å². The van der Waals surface area contributed by atoms with Crippen LogP contribution in [-0.2, 0) is 0 Å². The van der Waals surface area contributed by atoms with Crippen molar-refractivity contribution in [3.05, 3.63) is 96.5 Å². The van der Waals surface area contributed by atoms with Gasteiger partial charge in [-0.3, -0.25) is 10.1 Å². The molecule has 2 heterocycles. The van der Waals surface area contributed by atoms with Crippen LogP contribution in [0.15, 0.2) is 90.4 Å². The molecule has 4 rings (SSSR count). The van der Waals surface area contributed by atoms with E-state index in [2.05, 4.69) is 71.2 Å². The number of benzene rings is 2. The van der Waals surface area contributed by atoms with Crippen molar-refractivity contribution < 1.29 is 0 Å².